The SMILES string of the molecule is O=C(OCc1cc(-c2ccccc2)on1)c1ccc(Cl)cc1. The summed E-state index contributed by atoms with van der Waals surface area (Å²) in [6.07, 6.45) is 0. The molecule has 4 nitrogen and oxygen atoms in total. The van der Waals surface area contributed by atoms with Crippen molar-refractivity contribution in [1.29, 1.82) is 0 Å². The van der Waals surface area contributed by atoms with Gasteiger partial charge in [0.15, 0.2) is 5.76 Å². The number of hydrogen-bond acceptors (Lipinski definition) is 4. The monoisotopic (exact) mass is 313 g/mol. The van der Waals surface area contributed by atoms with E-state index >= 15 is 0 Å². The van der Waals surface area contributed by atoms with Gasteiger partial charge in [-0.2, -0.15) is 0 Å². The third-order valence-electron chi connectivity index (χ3n) is 3.05. The summed E-state index contributed by atoms with van der Waals surface area (Å²) in [5.41, 5.74) is 1.92. The number of hydrogen-bond donors (Lipinski definition) is 0. The van der Waals surface area contributed by atoms with Crippen LogP contribution in [0.3, 0.4) is 0 Å². The number of carbonyl (C=O) groups is 1. The molecule has 22 heavy (non-hydrogen) atoms. The Morgan fingerprint density at radius 1 is 1.09 bits per heavy atom. The Morgan fingerprint density at radius 2 is 1.82 bits per heavy atom. The standard InChI is InChI=1S/C17H12ClNO3/c18-14-8-6-13(7-9-14)17(20)21-11-15-10-16(22-19-15)12-4-2-1-3-5-12/h1-10H,11H2. The van der Waals surface area contributed by atoms with Crippen molar-refractivity contribution in [2.45, 2.75) is 6.61 Å². The Kier molecular flexibility index (Phi) is 4.21. The van der Waals surface area contributed by atoms with Gasteiger partial charge < -0.3 is 9.26 Å². The summed E-state index contributed by atoms with van der Waals surface area (Å²) in [6.45, 7) is 0.0534. The van der Waals surface area contributed by atoms with Crippen LogP contribution in [0.5, 0.6) is 0 Å². The number of esters is 1. The Balaban J connectivity index is 1.64. The van der Waals surface area contributed by atoms with Crippen LogP contribution in [-0.2, 0) is 11.3 Å². The lowest BCUT2D eigenvalue weighted by molar-refractivity contribution is 0.0464. The minimum absolute atomic E-state index is 0.0534. The molecule has 0 spiro atoms. The highest BCUT2D eigenvalue weighted by molar-refractivity contribution is 6.30. The average Bonchev–Trinajstić information content (AvgIpc) is 3.03. The molecule has 1 aromatic heterocycles. The van der Waals surface area contributed by atoms with Crippen LogP contribution in [0.1, 0.15) is 16.1 Å². The fourth-order valence-electron chi connectivity index (χ4n) is 1.93. The molecule has 0 fully saturated rings. The predicted octanol–water partition coefficient (Wildman–Crippen LogP) is 4.35. The zero-order valence-corrected chi connectivity index (χ0v) is 12.3. The van der Waals surface area contributed by atoms with Crippen LogP contribution >= 0.6 is 11.6 Å². The van der Waals surface area contributed by atoms with Crippen LogP contribution in [0.15, 0.2) is 65.2 Å². The molecular weight excluding hydrogens is 302 g/mol. The maximum Gasteiger partial charge on any atom is 0.338 e. The lowest BCUT2D eigenvalue weighted by Gasteiger charge is -2.02. The molecule has 1 heterocycles. The van der Waals surface area contributed by atoms with Crippen LogP contribution in [0, 0.1) is 0 Å². The van der Waals surface area contributed by atoms with Crippen LogP contribution < -0.4 is 0 Å². The smallest absolute Gasteiger partial charge is 0.338 e. The lowest BCUT2D eigenvalue weighted by atomic mass is 10.2. The molecule has 5 heteroatoms. The van der Waals surface area contributed by atoms with Crippen LogP contribution in [0.25, 0.3) is 11.3 Å². The van der Waals surface area contributed by atoms with Crippen molar-refractivity contribution in [1.82, 2.24) is 5.16 Å². The van der Waals surface area contributed by atoms with Gasteiger partial charge in [-0.25, -0.2) is 4.79 Å². The molecule has 110 valence electrons. The van der Waals surface area contributed by atoms with Gasteiger partial charge in [-0.15, -0.1) is 0 Å². The predicted molar refractivity (Wildman–Crippen MR) is 82.5 cm³/mol. The zero-order valence-electron chi connectivity index (χ0n) is 11.5. The molecule has 0 aliphatic rings. The zero-order chi connectivity index (χ0) is 15.4. The number of halogens is 1. The molecule has 2 aromatic carbocycles. The van der Waals surface area contributed by atoms with Gasteiger partial charge >= 0.3 is 5.97 Å². The Bertz CT molecular complexity index is 766. The summed E-state index contributed by atoms with van der Waals surface area (Å²) in [6, 6.07) is 17.9. The lowest BCUT2D eigenvalue weighted by Crippen LogP contribution is -2.05. The molecule has 0 bridgehead atoms. The molecule has 3 aromatic rings. The van der Waals surface area contributed by atoms with E-state index in [2.05, 4.69) is 5.16 Å². The van der Waals surface area contributed by atoms with E-state index in [-0.39, 0.29) is 6.61 Å². The molecule has 0 amide bonds. The average molecular weight is 314 g/mol. The van der Waals surface area contributed by atoms with Crippen LogP contribution in [-0.4, -0.2) is 11.1 Å². The third kappa shape index (κ3) is 3.35. The molecule has 0 radical (unpaired) electrons. The van der Waals surface area contributed by atoms with Gasteiger partial charge in [0.2, 0.25) is 0 Å². The second-order valence-electron chi connectivity index (χ2n) is 4.63. The van der Waals surface area contributed by atoms with Crippen molar-refractivity contribution in [3.8, 4) is 11.3 Å². The van der Waals surface area contributed by atoms with Crippen molar-refractivity contribution in [3.63, 3.8) is 0 Å². The summed E-state index contributed by atoms with van der Waals surface area (Å²) in [5.74, 6) is 0.207. The number of nitrogens with zero attached hydrogens (tertiary/aromatic N) is 1. The third-order valence-corrected chi connectivity index (χ3v) is 3.30. The second-order valence-corrected chi connectivity index (χ2v) is 5.07. The molecule has 0 atom stereocenters. The van der Waals surface area contributed by atoms with Crippen molar-refractivity contribution < 1.29 is 14.1 Å². The summed E-state index contributed by atoms with van der Waals surface area (Å²) in [4.78, 5) is 11.9. The quantitative estimate of drug-likeness (QED) is 0.672. The Labute approximate surface area is 132 Å². The highest BCUT2D eigenvalue weighted by atomic mass is 35.5. The van der Waals surface area contributed by atoms with E-state index in [4.69, 9.17) is 20.9 Å². The van der Waals surface area contributed by atoms with Crippen molar-refractivity contribution >= 4 is 17.6 Å². The summed E-state index contributed by atoms with van der Waals surface area (Å²) in [7, 11) is 0. The Hall–Kier alpha value is -2.59. The maximum atomic E-state index is 11.9. The minimum atomic E-state index is -0.430. The fraction of sp³-hybridized carbons (Fsp3) is 0.0588. The number of benzene rings is 2. The maximum absolute atomic E-state index is 11.9. The number of carbonyl (C=O) groups excluding carboxylic acids is 1. The van der Waals surface area contributed by atoms with E-state index in [1.165, 1.54) is 0 Å². The van der Waals surface area contributed by atoms with Gasteiger partial charge in [0.1, 0.15) is 12.3 Å². The topological polar surface area (TPSA) is 52.3 Å². The van der Waals surface area contributed by atoms with Gasteiger partial charge in [0.25, 0.3) is 0 Å². The molecule has 0 saturated carbocycles. The highest BCUT2D eigenvalue weighted by Crippen LogP contribution is 2.20. The highest BCUT2D eigenvalue weighted by Gasteiger charge is 2.10. The summed E-state index contributed by atoms with van der Waals surface area (Å²) < 4.78 is 10.4. The summed E-state index contributed by atoms with van der Waals surface area (Å²) >= 11 is 5.78. The molecular formula is C17H12ClNO3. The molecule has 0 aliphatic carbocycles. The largest absolute Gasteiger partial charge is 0.455 e. The van der Waals surface area contributed by atoms with Crippen molar-refractivity contribution in [3.05, 3.63) is 76.9 Å². The first-order valence-electron chi connectivity index (χ1n) is 6.66. The van der Waals surface area contributed by atoms with Gasteiger partial charge in [-0.1, -0.05) is 47.1 Å². The normalized spacial score (nSPS) is 10.4. The number of ether oxygens (including phenoxy) is 1. The number of rotatable bonds is 4. The van der Waals surface area contributed by atoms with Gasteiger partial charge in [-0.3, -0.25) is 0 Å². The van der Waals surface area contributed by atoms with Gasteiger partial charge in [0, 0.05) is 16.7 Å². The number of aromatic nitrogens is 1. The second kappa shape index (κ2) is 6.45. The van der Waals surface area contributed by atoms with Crippen molar-refractivity contribution in [2.24, 2.45) is 0 Å². The van der Waals surface area contributed by atoms with E-state index in [1.54, 1.807) is 30.3 Å². The Morgan fingerprint density at radius 3 is 2.55 bits per heavy atom. The van der Waals surface area contributed by atoms with Gasteiger partial charge in [-0.05, 0) is 24.3 Å². The van der Waals surface area contributed by atoms with Crippen LogP contribution in [0.2, 0.25) is 5.02 Å². The van der Waals surface area contributed by atoms with E-state index in [0.717, 1.165) is 5.56 Å². The first-order valence-corrected chi connectivity index (χ1v) is 7.04. The van der Waals surface area contributed by atoms with Gasteiger partial charge in [0.05, 0.1) is 5.56 Å². The molecule has 3 rings (SSSR count). The first-order chi connectivity index (χ1) is 10.7. The van der Waals surface area contributed by atoms with Crippen molar-refractivity contribution in [2.75, 3.05) is 0 Å². The van der Waals surface area contributed by atoms with Crippen LogP contribution in [0.4, 0.5) is 0 Å². The van der Waals surface area contributed by atoms with E-state index < -0.39 is 5.97 Å². The first kappa shape index (κ1) is 14.4. The minimum Gasteiger partial charge on any atom is -0.455 e. The summed E-state index contributed by atoms with van der Waals surface area (Å²) in [5, 5.41) is 4.47. The van der Waals surface area contributed by atoms with E-state index in [0.29, 0.717) is 22.0 Å². The fourth-order valence-corrected chi connectivity index (χ4v) is 2.05. The molecule has 0 unspecified atom stereocenters. The van der Waals surface area contributed by atoms with E-state index in [1.807, 2.05) is 30.3 Å². The molecule has 0 saturated heterocycles. The molecule has 0 aliphatic heterocycles. The van der Waals surface area contributed by atoms with E-state index in [9.17, 15) is 4.79 Å². The molecule has 0 N–H and O–H groups in total.